The number of nitrogens with zero attached hydrogens (tertiary/aromatic N) is 8. The predicted molar refractivity (Wildman–Crippen MR) is 124 cm³/mol. The number of pyridine rings is 1. The highest BCUT2D eigenvalue weighted by molar-refractivity contribution is 5.82. The van der Waals surface area contributed by atoms with Crippen molar-refractivity contribution < 1.29 is 4.52 Å². The van der Waals surface area contributed by atoms with Crippen molar-refractivity contribution in [2.24, 2.45) is 18.4 Å². The van der Waals surface area contributed by atoms with Crippen molar-refractivity contribution in [3.8, 4) is 0 Å². The molecule has 1 saturated carbocycles. The number of rotatable bonds is 5. The van der Waals surface area contributed by atoms with E-state index in [1.165, 1.54) is 23.0 Å². The molecule has 0 spiro atoms. The third kappa shape index (κ3) is 3.01. The highest BCUT2D eigenvalue weighted by atomic mass is 16.5. The van der Waals surface area contributed by atoms with Crippen molar-refractivity contribution >= 4 is 27.8 Å². The van der Waals surface area contributed by atoms with Gasteiger partial charge in [0, 0.05) is 43.8 Å². The van der Waals surface area contributed by atoms with Crippen molar-refractivity contribution in [1.82, 2.24) is 34.2 Å². The van der Waals surface area contributed by atoms with E-state index in [9.17, 15) is 4.79 Å². The first-order chi connectivity index (χ1) is 16.6. The summed E-state index contributed by atoms with van der Waals surface area (Å²) in [4.78, 5) is 32.6. The second-order valence-corrected chi connectivity index (χ2v) is 9.51. The number of imidazole rings is 1. The number of hydrogen-bond acceptors (Lipinski definition) is 8. The summed E-state index contributed by atoms with van der Waals surface area (Å²) in [5, 5.41) is 5.38. The number of anilines is 1. The predicted octanol–water partition coefficient (Wildman–Crippen LogP) is 2.18. The lowest BCUT2D eigenvalue weighted by atomic mass is 10.0. The first-order valence-corrected chi connectivity index (χ1v) is 11.4. The lowest BCUT2D eigenvalue weighted by Gasteiger charge is -2.23. The molecule has 34 heavy (non-hydrogen) atoms. The molecule has 1 aliphatic carbocycles. The number of fused-ring (bicyclic) bond motifs is 3. The van der Waals surface area contributed by atoms with Crippen molar-refractivity contribution in [2.75, 3.05) is 18.0 Å². The monoisotopic (exact) mass is 454 g/mol. The lowest BCUT2D eigenvalue weighted by Crippen LogP contribution is -2.25. The minimum absolute atomic E-state index is 0.178. The van der Waals surface area contributed by atoms with Gasteiger partial charge in [-0.1, -0.05) is 11.2 Å². The average Bonchev–Trinajstić information content (AvgIpc) is 3.19. The molecule has 0 unspecified atom stereocenters. The molecule has 0 N–H and O–H groups in total. The minimum atomic E-state index is -0.178. The standard InChI is InChI=1S/C24H22N8O2/c1-30-13-26-22-21(30)23(33)32(14-27-22)11-20-28-19(29-34-20)9-24-8-16(24)10-31(12-24)17-4-5-18-15(7-17)3-2-6-25-18/h2-7,13-14,16H,8-12H2,1H3/t16-,24+/m0/s1. The molecule has 2 aliphatic rings. The molecule has 4 aromatic heterocycles. The van der Waals surface area contributed by atoms with E-state index in [0.29, 0.717) is 28.8 Å². The van der Waals surface area contributed by atoms with E-state index < -0.39 is 0 Å². The van der Waals surface area contributed by atoms with Crippen LogP contribution in [0.2, 0.25) is 0 Å². The van der Waals surface area contributed by atoms with Crippen LogP contribution in [0.3, 0.4) is 0 Å². The lowest BCUT2D eigenvalue weighted by molar-refractivity contribution is 0.360. The molecule has 170 valence electrons. The Bertz CT molecular complexity index is 1620. The molecule has 1 aliphatic heterocycles. The maximum absolute atomic E-state index is 12.8. The van der Waals surface area contributed by atoms with Gasteiger partial charge in [0.25, 0.3) is 5.56 Å². The zero-order chi connectivity index (χ0) is 22.9. The van der Waals surface area contributed by atoms with Crippen molar-refractivity contribution in [1.29, 1.82) is 0 Å². The first kappa shape index (κ1) is 19.4. The van der Waals surface area contributed by atoms with Gasteiger partial charge in [0.1, 0.15) is 12.9 Å². The fraction of sp³-hybridized carbons (Fsp3) is 0.333. The summed E-state index contributed by atoms with van der Waals surface area (Å²) in [5.74, 6) is 1.74. The summed E-state index contributed by atoms with van der Waals surface area (Å²) < 4.78 is 8.64. The summed E-state index contributed by atoms with van der Waals surface area (Å²) in [6.07, 6.45) is 6.85. The highest BCUT2D eigenvalue weighted by Gasteiger charge is 2.60. The summed E-state index contributed by atoms with van der Waals surface area (Å²) in [6.45, 7) is 2.21. The van der Waals surface area contributed by atoms with Crippen LogP contribution in [0.4, 0.5) is 5.69 Å². The number of benzene rings is 1. The molecule has 1 saturated heterocycles. The van der Waals surface area contributed by atoms with Gasteiger partial charge in [-0.25, -0.2) is 9.97 Å². The molecule has 10 heteroatoms. The van der Waals surface area contributed by atoms with E-state index in [4.69, 9.17) is 4.52 Å². The van der Waals surface area contributed by atoms with Gasteiger partial charge in [-0.05, 0) is 42.0 Å². The largest absolute Gasteiger partial charge is 0.371 e. The Morgan fingerprint density at radius 2 is 2.09 bits per heavy atom. The zero-order valence-electron chi connectivity index (χ0n) is 18.6. The van der Waals surface area contributed by atoms with Crippen LogP contribution in [0.25, 0.3) is 22.1 Å². The van der Waals surface area contributed by atoms with E-state index >= 15 is 0 Å². The van der Waals surface area contributed by atoms with Gasteiger partial charge < -0.3 is 14.0 Å². The molecule has 7 rings (SSSR count). The van der Waals surface area contributed by atoms with Gasteiger partial charge in [-0.15, -0.1) is 0 Å². The van der Waals surface area contributed by atoms with Crippen molar-refractivity contribution in [3.05, 3.63) is 71.3 Å². The zero-order valence-corrected chi connectivity index (χ0v) is 18.6. The first-order valence-electron chi connectivity index (χ1n) is 11.4. The van der Waals surface area contributed by atoms with Crippen LogP contribution in [0.15, 0.2) is 58.5 Å². The molecule has 5 heterocycles. The van der Waals surface area contributed by atoms with Gasteiger partial charge in [0.2, 0.25) is 5.89 Å². The average molecular weight is 454 g/mol. The normalized spacial score (nSPS) is 21.4. The molecule has 0 bridgehead atoms. The van der Waals surface area contributed by atoms with Crippen LogP contribution < -0.4 is 10.5 Å². The van der Waals surface area contributed by atoms with Crippen molar-refractivity contribution in [2.45, 2.75) is 19.4 Å². The molecule has 0 amide bonds. The number of aryl methyl sites for hydroxylation is 1. The van der Waals surface area contributed by atoms with Crippen LogP contribution in [0.1, 0.15) is 18.1 Å². The van der Waals surface area contributed by atoms with Crippen LogP contribution in [0, 0.1) is 11.3 Å². The van der Waals surface area contributed by atoms with Crippen LogP contribution >= 0.6 is 0 Å². The van der Waals surface area contributed by atoms with E-state index in [2.05, 4.69) is 54.3 Å². The molecule has 2 atom stereocenters. The van der Waals surface area contributed by atoms with E-state index in [1.807, 2.05) is 12.3 Å². The van der Waals surface area contributed by atoms with Crippen molar-refractivity contribution in [3.63, 3.8) is 0 Å². The van der Waals surface area contributed by atoms with E-state index in [0.717, 1.165) is 30.4 Å². The fourth-order valence-electron chi connectivity index (χ4n) is 5.39. The Labute approximate surface area is 193 Å². The molecular formula is C24H22N8O2. The van der Waals surface area contributed by atoms with Gasteiger partial charge in [0.05, 0.1) is 11.8 Å². The second kappa shape index (κ2) is 6.96. The van der Waals surface area contributed by atoms with Crippen LogP contribution in [-0.4, -0.2) is 47.3 Å². The fourth-order valence-corrected chi connectivity index (χ4v) is 5.39. The Balaban J connectivity index is 1.08. The SMILES string of the molecule is Cn1cnc2ncn(Cc3nc(C[C@@]45C[C@H]4CN(c4ccc6ncccc6c4)C5)no3)c(=O)c21. The molecule has 0 radical (unpaired) electrons. The van der Waals surface area contributed by atoms with E-state index in [1.54, 1.807) is 17.9 Å². The quantitative estimate of drug-likeness (QED) is 0.398. The summed E-state index contributed by atoms with van der Waals surface area (Å²) in [5.41, 5.74) is 3.15. The highest BCUT2D eigenvalue weighted by Crippen LogP contribution is 2.60. The molecular weight excluding hydrogens is 432 g/mol. The molecule has 1 aromatic carbocycles. The number of hydrogen-bond donors (Lipinski definition) is 0. The Morgan fingerprint density at radius 3 is 3.03 bits per heavy atom. The Kier molecular flexibility index (Phi) is 3.97. The summed E-state index contributed by atoms with van der Waals surface area (Å²) >= 11 is 0. The maximum Gasteiger partial charge on any atom is 0.280 e. The Hall–Kier alpha value is -4.08. The van der Waals surface area contributed by atoms with Gasteiger partial charge in [-0.2, -0.15) is 4.98 Å². The van der Waals surface area contributed by atoms with Gasteiger partial charge >= 0.3 is 0 Å². The second-order valence-electron chi connectivity index (χ2n) is 9.51. The summed E-state index contributed by atoms with van der Waals surface area (Å²) in [6, 6.07) is 10.5. The van der Waals surface area contributed by atoms with Crippen LogP contribution in [0.5, 0.6) is 0 Å². The molecule has 5 aromatic rings. The maximum atomic E-state index is 12.8. The number of piperidine rings is 1. The summed E-state index contributed by atoms with van der Waals surface area (Å²) in [7, 11) is 1.78. The van der Waals surface area contributed by atoms with Gasteiger partial charge in [0.15, 0.2) is 17.0 Å². The smallest absolute Gasteiger partial charge is 0.280 e. The minimum Gasteiger partial charge on any atom is -0.371 e. The van der Waals surface area contributed by atoms with Crippen LogP contribution in [-0.2, 0) is 20.0 Å². The third-order valence-electron chi connectivity index (χ3n) is 7.28. The molecule has 10 nitrogen and oxygen atoms in total. The molecule has 2 fully saturated rings. The Morgan fingerprint density at radius 1 is 1.18 bits per heavy atom. The van der Waals surface area contributed by atoms with Gasteiger partial charge in [-0.3, -0.25) is 14.3 Å². The topological polar surface area (TPSA) is 108 Å². The number of aromatic nitrogens is 7. The van der Waals surface area contributed by atoms with E-state index in [-0.39, 0.29) is 17.5 Å². The third-order valence-corrected chi connectivity index (χ3v) is 7.28.